The van der Waals surface area contributed by atoms with Crippen molar-refractivity contribution < 1.29 is 13.9 Å². The summed E-state index contributed by atoms with van der Waals surface area (Å²) in [5.41, 5.74) is 1.04. The summed E-state index contributed by atoms with van der Waals surface area (Å²) in [5, 5.41) is 13.2. The second kappa shape index (κ2) is 4.23. The molecule has 0 aliphatic rings. The molecule has 0 radical (unpaired) electrons. The van der Waals surface area contributed by atoms with Crippen LogP contribution in [0.4, 0.5) is 8.78 Å². The van der Waals surface area contributed by atoms with Gasteiger partial charge in [0.25, 0.3) is 6.43 Å². The molecule has 0 bridgehead atoms. The molecule has 3 nitrogen and oxygen atoms in total. The lowest BCUT2D eigenvalue weighted by atomic mass is 10.1. The number of rotatable bonds is 3. The van der Waals surface area contributed by atoms with Gasteiger partial charge < -0.3 is 5.11 Å². The number of halogens is 3. The van der Waals surface area contributed by atoms with Gasteiger partial charge >= 0.3 is 0 Å². The molecular formula is C8H11ClF2N2O. The number of aryl methyl sites for hydroxylation is 2. The Morgan fingerprint density at radius 2 is 2.14 bits per heavy atom. The lowest BCUT2D eigenvalue weighted by molar-refractivity contribution is -0.00372. The highest BCUT2D eigenvalue weighted by Gasteiger charge is 2.21. The van der Waals surface area contributed by atoms with Crippen LogP contribution in [0.5, 0.6) is 0 Å². The highest BCUT2D eigenvalue weighted by molar-refractivity contribution is 6.30. The molecule has 0 saturated carbocycles. The zero-order chi connectivity index (χ0) is 10.9. The lowest BCUT2D eigenvalue weighted by Gasteiger charge is -2.08. The largest absolute Gasteiger partial charge is 0.387 e. The van der Waals surface area contributed by atoms with Gasteiger partial charge in [-0.2, -0.15) is 5.10 Å². The molecule has 0 fully saturated rings. The standard InChI is InChI=1S/C8H11ClF2N2O/c1-4-5(3-6(14)8(10)11)7(9)13(2)12-4/h6,8,14H,3H2,1-2H3. The molecule has 1 N–H and O–H groups in total. The number of nitrogens with zero attached hydrogens (tertiary/aromatic N) is 2. The van der Waals surface area contributed by atoms with Crippen molar-refractivity contribution in [1.82, 2.24) is 9.78 Å². The van der Waals surface area contributed by atoms with Crippen molar-refractivity contribution in [3.63, 3.8) is 0 Å². The molecule has 1 heterocycles. The molecule has 0 aromatic carbocycles. The fourth-order valence-electron chi connectivity index (χ4n) is 1.20. The maximum Gasteiger partial charge on any atom is 0.264 e. The number of aromatic nitrogens is 2. The topological polar surface area (TPSA) is 38.0 Å². The number of aliphatic hydroxyl groups is 1. The predicted molar refractivity (Wildman–Crippen MR) is 48.7 cm³/mol. The summed E-state index contributed by atoms with van der Waals surface area (Å²) < 4.78 is 25.5. The van der Waals surface area contributed by atoms with Crippen molar-refractivity contribution in [2.45, 2.75) is 25.9 Å². The van der Waals surface area contributed by atoms with Gasteiger partial charge in [0.2, 0.25) is 0 Å². The van der Waals surface area contributed by atoms with E-state index in [1.807, 2.05) is 0 Å². The molecule has 1 atom stereocenters. The molecule has 0 aliphatic heterocycles. The normalized spacial score (nSPS) is 13.6. The Morgan fingerprint density at radius 3 is 2.50 bits per heavy atom. The molecule has 0 aliphatic carbocycles. The Hall–Kier alpha value is -0.680. The maximum atomic E-state index is 12.1. The van der Waals surface area contributed by atoms with Crippen LogP contribution in [0.2, 0.25) is 5.15 Å². The Bertz CT molecular complexity index is 327. The number of hydrogen-bond donors (Lipinski definition) is 1. The van der Waals surface area contributed by atoms with Crippen LogP contribution in [-0.2, 0) is 13.5 Å². The van der Waals surface area contributed by atoms with Crippen molar-refractivity contribution >= 4 is 11.6 Å². The number of hydrogen-bond acceptors (Lipinski definition) is 2. The van der Waals surface area contributed by atoms with E-state index in [0.29, 0.717) is 16.4 Å². The molecule has 1 unspecified atom stereocenters. The van der Waals surface area contributed by atoms with E-state index < -0.39 is 12.5 Å². The van der Waals surface area contributed by atoms with E-state index in [1.165, 1.54) is 4.68 Å². The summed E-state index contributed by atoms with van der Waals surface area (Å²) in [4.78, 5) is 0. The van der Waals surface area contributed by atoms with Crippen LogP contribution in [0.15, 0.2) is 0 Å². The zero-order valence-corrected chi connectivity index (χ0v) is 8.59. The van der Waals surface area contributed by atoms with Gasteiger partial charge in [0, 0.05) is 19.0 Å². The summed E-state index contributed by atoms with van der Waals surface area (Å²) in [7, 11) is 1.62. The summed E-state index contributed by atoms with van der Waals surface area (Å²) in [6.07, 6.45) is -4.61. The molecule has 80 valence electrons. The number of alkyl halides is 2. The molecule has 1 rings (SSSR count). The van der Waals surface area contributed by atoms with Gasteiger partial charge in [-0.1, -0.05) is 11.6 Å². The molecule has 0 amide bonds. The van der Waals surface area contributed by atoms with E-state index in [0.717, 1.165) is 0 Å². The molecule has 1 aromatic rings. The van der Waals surface area contributed by atoms with Gasteiger partial charge in [0.05, 0.1) is 5.69 Å². The van der Waals surface area contributed by atoms with Crippen molar-refractivity contribution in [1.29, 1.82) is 0 Å². The Balaban J connectivity index is 2.86. The van der Waals surface area contributed by atoms with Gasteiger partial charge in [-0.25, -0.2) is 8.78 Å². The van der Waals surface area contributed by atoms with Gasteiger partial charge in [0.1, 0.15) is 11.3 Å². The van der Waals surface area contributed by atoms with Crippen molar-refractivity contribution in [3.8, 4) is 0 Å². The fraction of sp³-hybridized carbons (Fsp3) is 0.625. The molecule has 0 saturated heterocycles. The third-order valence-electron chi connectivity index (χ3n) is 1.97. The van der Waals surface area contributed by atoms with Gasteiger partial charge in [-0.05, 0) is 6.92 Å². The maximum absolute atomic E-state index is 12.1. The highest BCUT2D eigenvalue weighted by Crippen LogP contribution is 2.21. The first-order valence-corrected chi connectivity index (χ1v) is 4.45. The Morgan fingerprint density at radius 1 is 1.57 bits per heavy atom. The van der Waals surface area contributed by atoms with Crippen LogP contribution in [-0.4, -0.2) is 27.4 Å². The average molecular weight is 225 g/mol. The number of aliphatic hydroxyl groups excluding tert-OH is 1. The first kappa shape index (κ1) is 11.4. The monoisotopic (exact) mass is 224 g/mol. The second-order valence-electron chi connectivity index (χ2n) is 3.08. The van der Waals surface area contributed by atoms with E-state index in [4.69, 9.17) is 16.7 Å². The van der Waals surface area contributed by atoms with Crippen LogP contribution in [0.25, 0.3) is 0 Å². The van der Waals surface area contributed by atoms with Gasteiger partial charge in [0.15, 0.2) is 0 Å². The molecule has 1 aromatic heterocycles. The summed E-state index contributed by atoms with van der Waals surface area (Å²) in [5.74, 6) is 0. The molecule has 0 spiro atoms. The quantitative estimate of drug-likeness (QED) is 0.846. The zero-order valence-electron chi connectivity index (χ0n) is 7.84. The van der Waals surface area contributed by atoms with E-state index in [-0.39, 0.29) is 6.42 Å². The minimum absolute atomic E-state index is 0.170. The molecule has 14 heavy (non-hydrogen) atoms. The van der Waals surface area contributed by atoms with E-state index >= 15 is 0 Å². The molecule has 6 heteroatoms. The van der Waals surface area contributed by atoms with Crippen LogP contribution < -0.4 is 0 Å². The van der Waals surface area contributed by atoms with Gasteiger partial charge in [-0.15, -0.1) is 0 Å². The minimum atomic E-state index is -2.76. The first-order chi connectivity index (χ1) is 6.43. The average Bonchev–Trinajstić information content (AvgIpc) is 2.32. The summed E-state index contributed by atoms with van der Waals surface area (Å²) >= 11 is 5.81. The Labute approximate surface area is 85.3 Å². The summed E-state index contributed by atoms with van der Waals surface area (Å²) in [6.45, 7) is 1.67. The predicted octanol–water partition coefficient (Wildman–Crippen LogP) is 1.55. The van der Waals surface area contributed by atoms with Crippen molar-refractivity contribution in [2.75, 3.05) is 0 Å². The first-order valence-electron chi connectivity index (χ1n) is 4.07. The van der Waals surface area contributed by atoms with E-state index in [1.54, 1.807) is 14.0 Å². The van der Waals surface area contributed by atoms with Gasteiger partial charge in [-0.3, -0.25) is 4.68 Å². The van der Waals surface area contributed by atoms with Crippen LogP contribution >= 0.6 is 11.6 Å². The van der Waals surface area contributed by atoms with E-state index in [2.05, 4.69) is 5.10 Å². The third-order valence-corrected chi connectivity index (χ3v) is 2.45. The van der Waals surface area contributed by atoms with Crippen LogP contribution in [0.3, 0.4) is 0 Å². The second-order valence-corrected chi connectivity index (χ2v) is 3.44. The summed E-state index contributed by atoms with van der Waals surface area (Å²) in [6, 6.07) is 0. The Kier molecular flexibility index (Phi) is 3.44. The third kappa shape index (κ3) is 2.22. The highest BCUT2D eigenvalue weighted by atomic mass is 35.5. The lowest BCUT2D eigenvalue weighted by Crippen LogP contribution is -2.20. The van der Waals surface area contributed by atoms with Crippen molar-refractivity contribution in [3.05, 3.63) is 16.4 Å². The van der Waals surface area contributed by atoms with Crippen LogP contribution in [0.1, 0.15) is 11.3 Å². The minimum Gasteiger partial charge on any atom is -0.387 e. The fourth-order valence-corrected chi connectivity index (χ4v) is 1.46. The smallest absolute Gasteiger partial charge is 0.264 e. The SMILES string of the molecule is Cc1nn(C)c(Cl)c1CC(O)C(F)F. The van der Waals surface area contributed by atoms with E-state index in [9.17, 15) is 8.78 Å². The molecular weight excluding hydrogens is 214 g/mol. The van der Waals surface area contributed by atoms with Crippen LogP contribution in [0, 0.1) is 6.92 Å². The van der Waals surface area contributed by atoms with Crippen molar-refractivity contribution in [2.24, 2.45) is 7.05 Å².